The van der Waals surface area contributed by atoms with Gasteiger partial charge in [-0.1, -0.05) is 6.92 Å². The molecule has 0 bridgehead atoms. The molecule has 0 radical (unpaired) electrons. The minimum atomic E-state index is -0.0186. The first kappa shape index (κ1) is 21.5. The first-order valence-electron chi connectivity index (χ1n) is 9.50. The average molecular weight is 428 g/mol. The molecule has 0 aliphatic heterocycles. The lowest BCUT2D eigenvalue weighted by Crippen LogP contribution is -2.21. The first-order valence-corrected chi connectivity index (χ1v) is 10.3. The Balaban J connectivity index is 1.75. The number of likely N-dealkylation sites (N-methyl/N-ethyl adjacent to an activating group) is 1. The molecule has 0 atom stereocenters. The number of carbonyl (C=O) groups is 1. The summed E-state index contributed by atoms with van der Waals surface area (Å²) < 4.78 is 0. The Kier molecular flexibility index (Phi) is 7.57. The van der Waals surface area contributed by atoms with Crippen LogP contribution in [0.1, 0.15) is 13.3 Å². The number of amides is 1. The molecule has 0 saturated carbocycles. The topological polar surface area (TPSA) is 124 Å². The van der Waals surface area contributed by atoms with Crippen molar-refractivity contribution in [1.29, 1.82) is 0 Å². The zero-order valence-electron chi connectivity index (χ0n) is 17.1. The molecule has 0 aliphatic carbocycles. The molecule has 2 aromatic heterocycles. The quantitative estimate of drug-likeness (QED) is 0.386. The van der Waals surface area contributed by atoms with E-state index < -0.39 is 0 Å². The van der Waals surface area contributed by atoms with E-state index >= 15 is 0 Å². The third-order valence-electron chi connectivity index (χ3n) is 3.85. The van der Waals surface area contributed by atoms with Gasteiger partial charge in [0.05, 0.1) is 0 Å². The normalized spacial score (nSPS) is 10.8. The van der Waals surface area contributed by atoms with Gasteiger partial charge in [0.15, 0.2) is 5.16 Å². The number of aromatic nitrogens is 5. The zero-order chi connectivity index (χ0) is 21.3. The largest absolute Gasteiger partial charge is 0.353 e. The molecule has 158 valence electrons. The molecule has 0 aliphatic rings. The van der Waals surface area contributed by atoms with E-state index in [2.05, 4.69) is 45.8 Å². The highest BCUT2D eigenvalue weighted by Crippen LogP contribution is 2.27. The summed E-state index contributed by atoms with van der Waals surface area (Å²) in [6.45, 7) is 3.37. The minimum absolute atomic E-state index is 0.0186. The highest BCUT2D eigenvalue weighted by Gasteiger charge is 2.10. The van der Waals surface area contributed by atoms with Crippen molar-refractivity contribution in [1.82, 2.24) is 29.8 Å². The molecule has 0 unspecified atom stereocenters. The maximum Gasteiger partial charge on any atom is 0.235 e. The lowest BCUT2D eigenvalue weighted by molar-refractivity contribution is -0.115. The van der Waals surface area contributed by atoms with E-state index in [0.29, 0.717) is 36.0 Å². The Bertz CT molecular complexity index is 945. The van der Waals surface area contributed by atoms with Crippen LogP contribution in [0.15, 0.2) is 46.7 Å². The summed E-state index contributed by atoms with van der Waals surface area (Å²) in [6.07, 6.45) is 3.80. The molecule has 10 nitrogen and oxygen atoms in total. The van der Waals surface area contributed by atoms with Gasteiger partial charge in [0.25, 0.3) is 0 Å². The number of aromatic amines is 1. The van der Waals surface area contributed by atoms with Crippen LogP contribution in [-0.4, -0.2) is 62.9 Å². The maximum absolute atomic E-state index is 11.5. The van der Waals surface area contributed by atoms with Crippen molar-refractivity contribution in [3.63, 3.8) is 0 Å². The van der Waals surface area contributed by atoms with Gasteiger partial charge in [0.1, 0.15) is 0 Å². The fourth-order valence-corrected chi connectivity index (χ4v) is 3.08. The molecule has 0 fully saturated rings. The maximum atomic E-state index is 11.5. The molecule has 11 heteroatoms. The smallest absolute Gasteiger partial charge is 0.235 e. The Hall–Kier alpha value is -3.18. The summed E-state index contributed by atoms with van der Waals surface area (Å²) >= 11 is 1.41. The van der Waals surface area contributed by atoms with E-state index in [-0.39, 0.29) is 5.91 Å². The zero-order valence-corrected chi connectivity index (χ0v) is 18.0. The van der Waals surface area contributed by atoms with Gasteiger partial charge < -0.3 is 20.5 Å². The fraction of sp³-hybridized carbons (Fsp3) is 0.316. The molecular formula is C19H25N9OS. The van der Waals surface area contributed by atoms with Crippen LogP contribution in [0.4, 0.5) is 23.5 Å². The number of benzene rings is 1. The van der Waals surface area contributed by atoms with E-state index in [1.807, 2.05) is 45.3 Å². The number of rotatable bonds is 10. The molecule has 30 heavy (non-hydrogen) atoms. The number of nitrogens with zero attached hydrogens (tertiary/aromatic N) is 5. The number of H-pyrrole nitrogens is 1. The van der Waals surface area contributed by atoms with Crippen LogP contribution in [0.3, 0.4) is 0 Å². The van der Waals surface area contributed by atoms with Crippen LogP contribution in [0, 0.1) is 0 Å². The number of imidazole rings is 1. The number of hydrogen-bond acceptors (Lipinski definition) is 9. The summed E-state index contributed by atoms with van der Waals surface area (Å²) in [5.74, 6) is 1.40. The third-order valence-corrected chi connectivity index (χ3v) is 4.73. The fourth-order valence-electron chi connectivity index (χ4n) is 2.33. The van der Waals surface area contributed by atoms with Crippen LogP contribution >= 0.6 is 11.8 Å². The highest BCUT2D eigenvalue weighted by atomic mass is 32.2. The van der Waals surface area contributed by atoms with Crippen LogP contribution in [0.5, 0.6) is 0 Å². The highest BCUT2D eigenvalue weighted by molar-refractivity contribution is 7.99. The average Bonchev–Trinajstić information content (AvgIpc) is 3.22. The second-order valence-corrected chi connectivity index (χ2v) is 7.63. The number of hydrogen-bond donors (Lipinski definition) is 4. The minimum Gasteiger partial charge on any atom is -0.353 e. The molecule has 3 aromatic rings. The second-order valence-electron chi connectivity index (χ2n) is 6.59. The van der Waals surface area contributed by atoms with Crippen LogP contribution in [-0.2, 0) is 4.79 Å². The molecular weight excluding hydrogens is 402 g/mol. The Morgan fingerprint density at radius 2 is 1.90 bits per heavy atom. The van der Waals surface area contributed by atoms with E-state index in [4.69, 9.17) is 0 Å². The SMILES string of the molecule is CCC(=O)Nc1ccc(Sc2nc(NCCN(C)C)nc(Nc3ncc[nH]3)n2)cc1. The van der Waals surface area contributed by atoms with Gasteiger partial charge in [-0.3, -0.25) is 10.1 Å². The van der Waals surface area contributed by atoms with E-state index in [0.717, 1.165) is 17.1 Å². The van der Waals surface area contributed by atoms with Gasteiger partial charge in [0, 0.05) is 42.5 Å². The standard InChI is InChI=1S/C19H25N9OS/c1-4-15(29)23-13-5-7-14(8-6-13)30-19-26-17(22-11-12-28(2)3)25-18(27-19)24-16-20-9-10-21-16/h5-10H,4,11-12H2,1-3H3,(H,23,29)(H3,20,21,22,24,25,26,27). The molecule has 2 heterocycles. The summed E-state index contributed by atoms with van der Waals surface area (Å²) in [5, 5.41) is 9.64. The van der Waals surface area contributed by atoms with Crippen LogP contribution < -0.4 is 16.0 Å². The van der Waals surface area contributed by atoms with Crippen molar-refractivity contribution in [3.05, 3.63) is 36.7 Å². The van der Waals surface area contributed by atoms with Crippen molar-refractivity contribution in [2.75, 3.05) is 43.1 Å². The number of nitrogens with one attached hydrogen (secondary N) is 4. The molecule has 1 aromatic carbocycles. The molecule has 0 spiro atoms. The molecule has 4 N–H and O–H groups in total. The third kappa shape index (κ3) is 6.71. The van der Waals surface area contributed by atoms with E-state index in [9.17, 15) is 4.79 Å². The van der Waals surface area contributed by atoms with Gasteiger partial charge in [0.2, 0.25) is 23.8 Å². The summed E-state index contributed by atoms with van der Waals surface area (Å²) in [7, 11) is 4.01. The van der Waals surface area contributed by atoms with Crippen molar-refractivity contribution in [2.24, 2.45) is 0 Å². The Labute approximate surface area is 179 Å². The van der Waals surface area contributed by atoms with Crippen molar-refractivity contribution in [3.8, 4) is 0 Å². The number of anilines is 4. The van der Waals surface area contributed by atoms with Crippen LogP contribution in [0.2, 0.25) is 0 Å². The van der Waals surface area contributed by atoms with E-state index in [1.165, 1.54) is 11.8 Å². The molecule has 3 rings (SSSR count). The van der Waals surface area contributed by atoms with Crippen molar-refractivity contribution < 1.29 is 4.79 Å². The predicted octanol–water partition coefficient (Wildman–Crippen LogP) is 2.81. The lowest BCUT2D eigenvalue weighted by Gasteiger charge is -2.12. The first-order chi connectivity index (χ1) is 14.5. The van der Waals surface area contributed by atoms with Gasteiger partial charge in [-0.25, -0.2) is 4.98 Å². The second kappa shape index (κ2) is 10.6. The van der Waals surface area contributed by atoms with Crippen molar-refractivity contribution in [2.45, 2.75) is 23.4 Å². The summed E-state index contributed by atoms with van der Waals surface area (Å²) in [4.78, 5) is 35.1. The van der Waals surface area contributed by atoms with E-state index in [1.54, 1.807) is 12.4 Å². The van der Waals surface area contributed by atoms with Gasteiger partial charge in [-0.2, -0.15) is 15.0 Å². The molecule has 1 amide bonds. The van der Waals surface area contributed by atoms with Gasteiger partial charge >= 0.3 is 0 Å². The van der Waals surface area contributed by atoms with Gasteiger partial charge in [-0.05, 0) is 50.1 Å². The van der Waals surface area contributed by atoms with Gasteiger partial charge in [-0.15, -0.1) is 0 Å². The van der Waals surface area contributed by atoms with Crippen LogP contribution in [0.25, 0.3) is 0 Å². The lowest BCUT2D eigenvalue weighted by atomic mass is 10.3. The summed E-state index contributed by atoms with van der Waals surface area (Å²) in [5.41, 5.74) is 0.757. The Morgan fingerprint density at radius 1 is 1.13 bits per heavy atom. The summed E-state index contributed by atoms with van der Waals surface area (Å²) in [6, 6.07) is 7.54. The Morgan fingerprint density at radius 3 is 2.57 bits per heavy atom. The monoisotopic (exact) mass is 427 g/mol. The predicted molar refractivity (Wildman–Crippen MR) is 118 cm³/mol. The number of carbonyl (C=O) groups excluding carboxylic acids is 1. The van der Waals surface area contributed by atoms with Crippen molar-refractivity contribution >= 4 is 41.2 Å². The molecule has 0 saturated heterocycles.